The van der Waals surface area contributed by atoms with Gasteiger partial charge in [-0.3, -0.25) is 9.59 Å². The highest BCUT2D eigenvalue weighted by Gasteiger charge is 2.20. The Morgan fingerprint density at radius 2 is 2.20 bits per heavy atom. The molecule has 5 nitrogen and oxygen atoms in total. The predicted molar refractivity (Wildman–Crippen MR) is 58.0 cm³/mol. The van der Waals surface area contributed by atoms with E-state index in [0.29, 0.717) is 0 Å². The van der Waals surface area contributed by atoms with E-state index in [4.69, 9.17) is 11.5 Å². The topological polar surface area (TPSA) is 98.2 Å². The van der Waals surface area contributed by atoms with Gasteiger partial charge in [-0.15, -0.1) is 11.3 Å². The Kier molecular flexibility index (Phi) is 3.81. The molecule has 1 heterocycles. The maximum Gasteiger partial charge on any atom is 0.242 e. The molecule has 15 heavy (non-hydrogen) atoms. The van der Waals surface area contributed by atoms with Crippen LogP contribution in [0.3, 0.4) is 0 Å². The summed E-state index contributed by atoms with van der Waals surface area (Å²) in [4.78, 5) is 23.0. The zero-order chi connectivity index (χ0) is 11.4. The molecule has 5 N–H and O–H groups in total. The number of amides is 2. The third-order valence-corrected chi connectivity index (χ3v) is 2.87. The van der Waals surface area contributed by atoms with Crippen LogP contribution >= 0.6 is 11.3 Å². The number of carbonyl (C=O) groups is 2. The van der Waals surface area contributed by atoms with Crippen LogP contribution in [0.1, 0.15) is 17.8 Å². The van der Waals surface area contributed by atoms with E-state index >= 15 is 0 Å². The molecule has 0 fully saturated rings. The predicted octanol–water partition coefficient (Wildman–Crippen LogP) is -0.262. The minimum atomic E-state index is -0.744. The first-order valence-corrected chi connectivity index (χ1v) is 5.29. The molecule has 1 aromatic heterocycles. The van der Waals surface area contributed by atoms with Crippen molar-refractivity contribution in [3.05, 3.63) is 22.4 Å². The summed E-state index contributed by atoms with van der Waals surface area (Å²) in [7, 11) is 0. The zero-order valence-corrected chi connectivity index (χ0v) is 9.08. The van der Waals surface area contributed by atoms with Gasteiger partial charge in [-0.2, -0.15) is 0 Å². The summed E-state index contributed by atoms with van der Waals surface area (Å²) < 4.78 is 0. The molecule has 2 amide bonds. The molecule has 0 bridgehead atoms. The third-order valence-electron chi connectivity index (χ3n) is 1.92. The lowest BCUT2D eigenvalue weighted by Crippen LogP contribution is -2.45. The van der Waals surface area contributed by atoms with Crippen molar-refractivity contribution < 1.29 is 9.59 Å². The van der Waals surface area contributed by atoms with Gasteiger partial charge in [0.05, 0.1) is 0 Å². The molecule has 2 unspecified atom stereocenters. The SMILES string of the molecule is CC(NC(=O)C(N)c1cccs1)C(N)=O. The molecule has 6 heteroatoms. The third kappa shape index (κ3) is 3.03. The maximum absolute atomic E-state index is 11.5. The minimum Gasteiger partial charge on any atom is -0.368 e. The highest BCUT2D eigenvalue weighted by atomic mass is 32.1. The second kappa shape index (κ2) is 4.90. The maximum atomic E-state index is 11.5. The van der Waals surface area contributed by atoms with E-state index in [2.05, 4.69) is 5.32 Å². The van der Waals surface area contributed by atoms with E-state index < -0.39 is 23.9 Å². The second-order valence-electron chi connectivity index (χ2n) is 3.13. The molecule has 0 aromatic carbocycles. The molecule has 0 saturated heterocycles. The lowest BCUT2D eigenvalue weighted by Gasteiger charge is -2.13. The van der Waals surface area contributed by atoms with Gasteiger partial charge in [-0.05, 0) is 18.4 Å². The number of hydrogen-bond donors (Lipinski definition) is 3. The molecular formula is C9H13N3O2S. The summed E-state index contributed by atoms with van der Waals surface area (Å²) in [5.41, 5.74) is 10.7. The van der Waals surface area contributed by atoms with Gasteiger partial charge >= 0.3 is 0 Å². The molecule has 0 aliphatic rings. The summed E-state index contributed by atoms with van der Waals surface area (Å²) in [5.74, 6) is -0.981. The second-order valence-corrected chi connectivity index (χ2v) is 4.11. The van der Waals surface area contributed by atoms with Gasteiger partial charge in [0.2, 0.25) is 11.8 Å². The van der Waals surface area contributed by atoms with Gasteiger partial charge in [0.25, 0.3) is 0 Å². The van der Waals surface area contributed by atoms with Gasteiger partial charge in [0.1, 0.15) is 12.1 Å². The minimum absolute atomic E-state index is 0.399. The van der Waals surface area contributed by atoms with E-state index in [-0.39, 0.29) is 0 Å². The Labute approximate surface area is 91.4 Å². The monoisotopic (exact) mass is 227 g/mol. The van der Waals surface area contributed by atoms with E-state index in [1.807, 2.05) is 11.4 Å². The van der Waals surface area contributed by atoms with Gasteiger partial charge in [-0.25, -0.2) is 0 Å². The Balaban J connectivity index is 2.58. The summed E-state index contributed by atoms with van der Waals surface area (Å²) in [6.45, 7) is 1.52. The van der Waals surface area contributed by atoms with Crippen LogP contribution in [0.5, 0.6) is 0 Å². The number of thiophene rings is 1. The fraction of sp³-hybridized carbons (Fsp3) is 0.333. The Morgan fingerprint density at radius 1 is 1.53 bits per heavy atom. The first kappa shape index (κ1) is 11.7. The van der Waals surface area contributed by atoms with Gasteiger partial charge in [0, 0.05) is 4.88 Å². The first-order chi connectivity index (χ1) is 7.02. The van der Waals surface area contributed by atoms with E-state index in [1.54, 1.807) is 6.07 Å². The van der Waals surface area contributed by atoms with Crippen molar-refractivity contribution >= 4 is 23.2 Å². The fourth-order valence-corrected chi connectivity index (χ4v) is 1.70. The molecule has 0 saturated carbocycles. The molecule has 0 aliphatic carbocycles. The van der Waals surface area contributed by atoms with Crippen molar-refractivity contribution in [2.75, 3.05) is 0 Å². The van der Waals surface area contributed by atoms with Crippen molar-refractivity contribution in [2.45, 2.75) is 19.0 Å². The summed E-state index contributed by atoms with van der Waals surface area (Å²) in [5, 5.41) is 4.27. The average molecular weight is 227 g/mol. The standard InChI is InChI=1S/C9H13N3O2S/c1-5(8(11)13)12-9(14)7(10)6-3-2-4-15-6/h2-5,7H,10H2,1H3,(H2,11,13)(H,12,14). The van der Waals surface area contributed by atoms with Crippen LogP contribution in [0, 0.1) is 0 Å². The van der Waals surface area contributed by atoms with Crippen LogP contribution in [-0.4, -0.2) is 17.9 Å². The highest BCUT2D eigenvalue weighted by Crippen LogP contribution is 2.16. The first-order valence-electron chi connectivity index (χ1n) is 4.41. The van der Waals surface area contributed by atoms with Crippen molar-refractivity contribution in [2.24, 2.45) is 11.5 Å². The fourth-order valence-electron chi connectivity index (χ4n) is 0.972. The number of nitrogens with two attached hydrogens (primary N) is 2. The molecule has 0 aliphatic heterocycles. The van der Waals surface area contributed by atoms with Gasteiger partial charge < -0.3 is 16.8 Å². The molecule has 0 spiro atoms. The van der Waals surface area contributed by atoms with Gasteiger partial charge in [0.15, 0.2) is 0 Å². The number of nitrogens with one attached hydrogen (secondary N) is 1. The van der Waals surface area contributed by atoms with E-state index in [0.717, 1.165) is 4.88 Å². The summed E-state index contributed by atoms with van der Waals surface area (Å²) >= 11 is 1.39. The Bertz CT molecular complexity index is 350. The molecule has 2 atom stereocenters. The number of rotatable bonds is 4. The van der Waals surface area contributed by atoms with Crippen molar-refractivity contribution in [3.63, 3.8) is 0 Å². The lowest BCUT2D eigenvalue weighted by atomic mass is 10.2. The van der Waals surface area contributed by atoms with Gasteiger partial charge in [-0.1, -0.05) is 6.07 Å². The van der Waals surface area contributed by atoms with E-state index in [9.17, 15) is 9.59 Å². The normalized spacial score (nSPS) is 14.3. The van der Waals surface area contributed by atoms with Crippen molar-refractivity contribution in [1.29, 1.82) is 0 Å². The lowest BCUT2D eigenvalue weighted by molar-refractivity contribution is -0.127. The van der Waals surface area contributed by atoms with Crippen LogP contribution in [0.2, 0.25) is 0 Å². The number of carbonyl (C=O) groups excluding carboxylic acids is 2. The average Bonchev–Trinajstić information content (AvgIpc) is 2.68. The molecule has 1 aromatic rings. The Morgan fingerprint density at radius 3 is 2.67 bits per heavy atom. The summed E-state index contributed by atoms with van der Waals surface area (Å²) in [6, 6.07) is 2.13. The van der Waals surface area contributed by atoms with E-state index in [1.165, 1.54) is 18.3 Å². The quantitative estimate of drug-likeness (QED) is 0.660. The zero-order valence-electron chi connectivity index (χ0n) is 8.27. The molecule has 0 radical (unpaired) electrons. The molecular weight excluding hydrogens is 214 g/mol. The smallest absolute Gasteiger partial charge is 0.242 e. The van der Waals surface area contributed by atoms with Crippen LogP contribution in [-0.2, 0) is 9.59 Å². The van der Waals surface area contributed by atoms with Crippen LogP contribution in [0.25, 0.3) is 0 Å². The van der Waals surface area contributed by atoms with Crippen molar-refractivity contribution in [3.8, 4) is 0 Å². The summed E-state index contributed by atoms with van der Waals surface area (Å²) in [6.07, 6.45) is 0. The van der Waals surface area contributed by atoms with Crippen molar-refractivity contribution in [1.82, 2.24) is 5.32 Å². The van der Waals surface area contributed by atoms with Crippen LogP contribution in [0.4, 0.5) is 0 Å². The van der Waals surface area contributed by atoms with Crippen LogP contribution < -0.4 is 16.8 Å². The number of hydrogen-bond acceptors (Lipinski definition) is 4. The number of primary amides is 1. The largest absolute Gasteiger partial charge is 0.368 e. The highest BCUT2D eigenvalue weighted by molar-refractivity contribution is 7.10. The molecule has 82 valence electrons. The molecule has 1 rings (SSSR count). The van der Waals surface area contributed by atoms with Crippen LogP contribution in [0.15, 0.2) is 17.5 Å². The Hall–Kier alpha value is -1.40.